The van der Waals surface area contributed by atoms with Crippen LogP contribution in [0.5, 0.6) is 5.75 Å². The summed E-state index contributed by atoms with van der Waals surface area (Å²) in [6, 6.07) is 12.6. The molecule has 0 saturated carbocycles. The second-order valence-electron chi connectivity index (χ2n) is 7.02. The summed E-state index contributed by atoms with van der Waals surface area (Å²) in [5.74, 6) is 0.577. The number of benzene rings is 2. The van der Waals surface area contributed by atoms with Crippen LogP contribution in [0.15, 0.2) is 42.5 Å². The fourth-order valence-electron chi connectivity index (χ4n) is 3.30. The van der Waals surface area contributed by atoms with Gasteiger partial charge < -0.3 is 20.3 Å². The molecular formula is C22H26ClN3O3. The van der Waals surface area contributed by atoms with E-state index in [0.29, 0.717) is 22.8 Å². The first-order valence-electron chi connectivity index (χ1n) is 9.79. The van der Waals surface area contributed by atoms with E-state index in [4.69, 9.17) is 16.3 Å². The van der Waals surface area contributed by atoms with Gasteiger partial charge in [0.25, 0.3) is 5.91 Å². The molecule has 1 heterocycles. The molecule has 0 aromatic heterocycles. The molecular weight excluding hydrogens is 390 g/mol. The molecule has 2 aromatic rings. The van der Waals surface area contributed by atoms with Gasteiger partial charge in [-0.2, -0.15) is 0 Å². The Labute approximate surface area is 176 Å². The van der Waals surface area contributed by atoms with Gasteiger partial charge in [-0.25, -0.2) is 0 Å². The quantitative estimate of drug-likeness (QED) is 0.723. The van der Waals surface area contributed by atoms with Crippen LogP contribution in [0.1, 0.15) is 35.2 Å². The summed E-state index contributed by atoms with van der Waals surface area (Å²) in [5.41, 5.74) is 2.09. The van der Waals surface area contributed by atoms with Gasteiger partial charge in [0.2, 0.25) is 5.91 Å². The van der Waals surface area contributed by atoms with Crippen LogP contribution in [-0.4, -0.2) is 43.5 Å². The zero-order valence-electron chi connectivity index (χ0n) is 16.5. The molecule has 0 radical (unpaired) electrons. The van der Waals surface area contributed by atoms with Crippen molar-refractivity contribution in [2.75, 3.05) is 32.1 Å². The van der Waals surface area contributed by atoms with Crippen molar-refractivity contribution < 1.29 is 14.3 Å². The number of ether oxygens (including phenoxy) is 1. The van der Waals surface area contributed by atoms with E-state index in [9.17, 15) is 9.59 Å². The molecule has 0 unspecified atom stereocenters. The largest absolute Gasteiger partial charge is 0.497 e. The van der Waals surface area contributed by atoms with Gasteiger partial charge in [0.1, 0.15) is 5.75 Å². The zero-order chi connectivity index (χ0) is 20.6. The summed E-state index contributed by atoms with van der Waals surface area (Å²) in [7, 11) is 1.61. The minimum absolute atomic E-state index is 0.0255. The minimum atomic E-state index is -0.169. The topological polar surface area (TPSA) is 70.7 Å². The maximum absolute atomic E-state index is 12.9. The Morgan fingerprint density at radius 3 is 2.48 bits per heavy atom. The number of amides is 2. The second kappa shape index (κ2) is 10.2. The van der Waals surface area contributed by atoms with Crippen molar-refractivity contribution in [3.63, 3.8) is 0 Å². The van der Waals surface area contributed by atoms with Crippen molar-refractivity contribution in [2.24, 2.45) is 0 Å². The van der Waals surface area contributed by atoms with Crippen molar-refractivity contribution in [1.29, 1.82) is 0 Å². The zero-order valence-corrected chi connectivity index (χ0v) is 17.3. The molecule has 2 aromatic carbocycles. The van der Waals surface area contributed by atoms with E-state index in [1.54, 1.807) is 25.3 Å². The molecule has 0 spiro atoms. The fraction of sp³-hybridized carbons (Fsp3) is 0.364. The summed E-state index contributed by atoms with van der Waals surface area (Å²) in [6.07, 6.45) is 3.20. The highest BCUT2D eigenvalue weighted by molar-refractivity contribution is 6.31. The number of anilines is 1. The van der Waals surface area contributed by atoms with E-state index in [1.165, 1.54) is 0 Å². The molecule has 3 rings (SSSR count). The lowest BCUT2D eigenvalue weighted by atomic mass is 10.1. The molecule has 1 saturated heterocycles. The number of nitrogens with zero attached hydrogens (tertiary/aromatic N) is 1. The lowest BCUT2D eigenvalue weighted by molar-refractivity contribution is -0.119. The number of piperidine rings is 1. The normalized spacial score (nSPS) is 13.7. The smallest absolute Gasteiger partial charge is 0.255 e. The van der Waals surface area contributed by atoms with E-state index >= 15 is 0 Å². The summed E-state index contributed by atoms with van der Waals surface area (Å²) in [5, 5.41) is 6.44. The summed E-state index contributed by atoms with van der Waals surface area (Å²) in [4.78, 5) is 27.0. The number of rotatable bonds is 7. The van der Waals surface area contributed by atoms with Gasteiger partial charge in [0.15, 0.2) is 0 Å². The Balaban J connectivity index is 1.58. The first-order chi connectivity index (χ1) is 14.1. The highest BCUT2D eigenvalue weighted by atomic mass is 35.5. The second-order valence-corrected chi connectivity index (χ2v) is 7.46. The molecule has 0 atom stereocenters. The Bertz CT molecular complexity index is 849. The third-order valence-electron chi connectivity index (χ3n) is 4.94. The fourth-order valence-corrected chi connectivity index (χ4v) is 3.47. The van der Waals surface area contributed by atoms with Crippen LogP contribution in [0, 0.1) is 0 Å². The van der Waals surface area contributed by atoms with Crippen LogP contribution in [0.2, 0.25) is 5.02 Å². The Morgan fingerprint density at radius 2 is 1.79 bits per heavy atom. The minimum Gasteiger partial charge on any atom is -0.497 e. The van der Waals surface area contributed by atoms with Crippen LogP contribution in [0.3, 0.4) is 0 Å². The monoisotopic (exact) mass is 415 g/mol. The molecule has 1 aliphatic heterocycles. The molecule has 1 fully saturated rings. The third kappa shape index (κ3) is 5.87. The molecule has 6 nitrogen and oxygen atoms in total. The predicted octanol–water partition coefficient (Wildman–Crippen LogP) is 3.70. The third-order valence-corrected chi connectivity index (χ3v) is 5.18. The maximum Gasteiger partial charge on any atom is 0.255 e. The van der Waals surface area contributed by atoms with E-state index in [0.717, 1.165) is 43.7 Å². The van der Waals surface area contributed by atoms with E-state index in [1.807, 2.05) is 29.2 Å². The van der Waals surface area contributed by atoms with Gasteiger partial charge in [0.05, 0.1) is 19.2 Å². The summed E-state index contributed by atoms with van der Waals surface area (Å²) in [6.45, 7) is 2.00. The number of carbonyl (C=O) groups excluding carboxylic acids is 2. The lowest BCUT2D eigenvalue weighted by Gasteiger charge is -2.27. The van der Waals surface area contributed by atoms with Crippen LogP contribution in [-0.2, 0) is 11.3 Å². The molecule has 7 heteroatoms. The average molecular weight is 416 g/mol. The molecule has 0 aliphatic carbocycles. The predicted molar refractivity (Wildman–Crippen MR) is 115 cm³/mol. The van der Waals surface area contributed by atoms with Gasteiger partial charge >= 0.3 is 0 Å². The molecule has 154 valence electrons. The number of halogens is 1. The van der Waals surface area contributed by atoms with Gasteiger partial charge in [-0.1, -0.05) is 23.7 Å². The summed E-state index contributed by atoms with van der Waals surface area (Å²) >= 11 is 6.11. The highest BCUT2D eigenvalue weighted by Crippen LogP contribution is 2.24. The number of hydrogen-bond acceptors (Lipinski definition) is 4. The molecule has 0 bridgehead atoms. The Kier molecular flexibility index (Phi) is 7.36. The molecule has 1 aliphatic rings. The van der Waals surface area contributed by atoms with Crippen molar-refractivity contribution in [2.45, 2.75) is 25.8 Å². The van der Waals surface area contributed by atoms with Crippen LogP contribution < -0.4 is 15.4 Å². The number of likely N-dealkylation sites (tertiary alicyclic amines) is 1. The van der Waals surface area contributed by atoms with E-state index < -0.39 is 0 Å². The van der Waals surface area contributed by atoms with Crippen LogP contribution >= 0.6 is 11.6 Å². The number of methoxy groups -OCH3 is 1. The SMILES string of the molecule is COc1ccc(CNC(=O)CNc2cc(Cl)ccc2C(=O)N2CCCCC2)cc1. The van der Waals surface area contributed by atoms with Gasteiger partial charge in [-0.05, 0) is 55.2 Å². The first kappa shape index (κ1) is 21.0. The summed E-state index contributed by atoms with van der Waals surface area (Å²) < 4.78 is 5.13. The van der Waals surface area contributed by atoms with Gasteiger partial charge in [0, 0.05) is 30.3 Å². The van der Waals surface area contributed by atoms with Crippen molar-refractivity contribution >= 4 is 29.1 Å². The van der Waals surface area contributed by atoms with Crippen molar-refractivity contribution in [3.8, 4) is 5.75 Å². The molecule has 2 N–H and O–H groups in total. The van der Waals surface area contributed by atoms with Crippen LogP contribution in [0.4, 0.5) is 5.69 Å². The van der Waals surface area contributed by atoms with Gasteiger partial charge in [-0.3, -0.25) is 9.59 Å². The number of hydrogen-bond donors (Lipinski definition) is 2. The number of nitrogens with one attached hydrogen (secondary N) is 2. The molecule has 29 heavy (non-hydrogen) atoms. The average Bonchev–Trinajstić information content (AvgIpc) is 2.77. The highest BCUT2D eigenvalue weighted by Gasteiger charge is 2.21. The Morgan fingerprint density at radius 1 is 1.07 bits per heavy atom. The standard InChI is InChI=1S/C22H26ClN3O3/c1-29-18-8-5-16(6-9-18)14-25-21(27)15-24-20-13-17(23)7-10-19(20)22(28)26-11-3-2-4-12-26/h5-10,13,24H,2-4,11-12,14-15H2,1H3,(H,25,27). The number of carbonyl (C=O) groups is 2. The van der Waals surface area contributed by atoms with Crippen molar-refractivity contribution in [3.05, 3.63) is 58.6 Å². The van der Waals surface area contributed by atoms with Gasteiger partial charge in [-0.15, -0.1) is 0 Å². The van der Waals surface area contributed by atoms with Crippen LogP contribution in [0.25, 0.3) is 0 Å². The molecule has 2 amide bonds. The lowest BCUT2D eigenvalue weighted by Crippen LogP contribution is -2.36. The maximum atomic E-state index is 12.9. The van der Waals surface area contributed by atoms with Crippen molar-refractivity contribution in [1.82, 2.24) is 10.2 Å². The van der Waals surface area contributed by atoms with E-state index in [2.05, 4.69) is 10.6 Å². The first-order valence-corrected chi connectivity index (χ1v) is 10.2. The van der Waals surface area contributed by atoms with E-state index in [-0.39, 0.29) is 18.4 Å². The Hall–Kier alpha value is -2.73.